The maximum atomic E-state index is 3.47. The highest BCUT2D eigenvalue weighted by Crippen LogP contribution is 2.31. The molecule has 0 amide bonds. The van der Waals surface area contributed by atoms with Crippen molar-refractivity contribution in [3.05, 3.63) is 57.8 Å². The van der Waals surface area contributed by atoms with Gasteiger partial charge in [0.05, 0.1) is 0 Å². The van der Waals surface area contributed by atoms with Crippen LogP contribution in [0.3, 0.4) is 0 Å². The molecule has 2 aromatic rings. The zero-order chi connectivity index (χ0) is 13.9. The van der Waals surface area contributed by atoms with Crippen molar-refractivity contribution in [2.24, 2.45) is 0 Å². The summed E-state index contributed by atoms with van der Waals surface area (Å²) in [4.78, 5) is 0. The molecule has 1 aromatic carbocycles. The Bertz CT molecular complexity index is 508. The van der Waals surface area contributed by atoms with Crippen LogP contribution < -0.4 is 5.32 Å². The van der Waals surface area contributed by atoms with Gasteiger partial charge >= 0.3 is 0 Å². The number of benzene rings is 1. The normalized spacial score (nSPS) is 13.5. The highest BCUT2D eigenvalue weighted by molar-refractivity contribution is 7.07. The molecule has 0 bridgehead atoms. The Balaban J connectivity index is 2.33. The van der Waals surface area contributed by atoms with E-state index in [0.717, 1.165) is 6.42 Å². The first-order chi connectivity index (χ1) is 9.02. The molecule has 1 heterocycles. The van der Waals surface area contributed by atoms with E-state index in [1.54, 1.807) is 11.3 Å². The van der Waals surface area contributed by atoms with Gasteiger partial charge in [-0.1, -0.05) is 45.0 Å². The minimum Gasteiger partial charge on any atom is -0.313 e. The number of nitrogens with one attached hydrogen (secondary N) is 1. The summed E-state index contributed by atoms with van der Waals surface area (Å²) in [5.41, 5.74) is 4.45. The number of hydrogen-bond donors (Lipinski definition) is 1. The summed E-state index contributed by atoms with van der Waals surface area (Å²) in [5, 5.41) is 7.86. The molecule has 0 saturated carbocycles. The molecular formula is C17H23NS. The number of hydrogen-bond acceptors (Lipinski definition) is 2. The summed E-state index contributed by atoms with van der Waals surface area (Å²) in [6.45, 7) is 6.84. The predicted molar refractivity (Wildman–Crippen MR) is 85.0 cm³/mol. The van der Waals surface area contributed by atoms with E-state index in [4.69, 9.17) is 0 Å². The fourth-order valence-corrected chi connectivity index (χ4v) is 3.18. The third-order valence-electron chi connectivity index (χ3n) is 3.51. The predicted octanol–water partition coefficient (Wildman–Crippen LogP) is 4.55. The first-order valence-corrected chi connectivity index (χ1v) is 7.74. The van der Waals surface area contributed by atoms with Crippen molar-refractivity contribution in [1.82, 2.24) is 5.32 Å². The second-order valence-corrected chi connectivity index (χ2v) is 6.79. The molecule has 0 spiro atoms. The van der Waals surface area contributed by atoms with Gasteiger partial charge in [-0.25, -0.2) is 0 Å². The fourth-order valence-electron chi connectivity index (χ4n) is 2.50. The molecule has 1 nitrogen and oxygen atoms in total. The number of thiophene rings is 1. The van der Waals surface area contributed by atoms with Gasteiger partial charge in [0.1, 0.15) is 0 Å². The lowest BCUT2D eigenvalue weighted by molar-refractivity contribution is 0.539. The van der Waals surface area contributed by atoms with Crippen LogP contribution in [0.15, 0.2) is 41.1 Å². The Morgan fingerprint density at radius 1 is 1.16 bits per heavy atom. The summed E-state index contributed by atoms with van der Waals surface area (Å²) >= 11 is 1.77. The lowest BCUT2D eigenvalue weighted by Crippen LogP contribution is -2.24. The topological polar surface area (TPSA) is 12.0 Å². The Morgan fingerprint density at radius 2 is 1.89 bits per heavy atom. The molecule has 0 aliphatic rings. The van der Waals surface area contributed by atoms with Crippen molar-refractivity contribution in [3.8, 4) is 0 Å². The summed E-state index contributed by atoms with van der Waals surface area (Å²) in [6, 6.07) is 11.4. The van der Waals surface area contributed by atoms with Crippen molar-refractivity contribution >= 4 is 11.3 Å². The molecule has 1 aromatic heterocycles. The molecule has 1 unspecified atom stereocenters. The summed E-state index contributed by atoms with van der Waals surface area (Å²) in [6.07, 6.45) is 1.05. The number of rotatable bonds is 4. The first-order valence-electron chi connectivity index (χ1n) is 6.80. The standard InChI is InChI=1S/C17H23NS/c1-17(2,3)15-8-6-5-7-14(15)16(18-4)11-13-9-10-19-12-13/h5-10,12,16,18H,11H2,1-4H3. The Morgan fingerprint density at radius 3 is 2.47 bits per heavy atom. The molecule has 2 rings (SSSR count). The van der Waals surface area contributed by atoms with Crippen LogP contribution in [0.1, 0.15) is 43.5 Å². The quantitative estimate of drug-likeness (QED) is 0.862. The van der Waals surface area contributed by atoms with Crippen molar-refractivity contribution in [2.75, 3.05) is 7.05 Å². The molecule has 102 valence electrons. The molecule has 0 radical (unpaired) electrons. The zero-order valence-corrected chi connectivity index (χ0v) is 13.1. The molecule has 1 N–H and O–H groups in total. The Hall–Kier alpha value is -1.12. The van der Waals surface area contributed by atoms with Crippen LogP contribution in [0.4, 0.5) is 0 Å². The fraction of sp³-hybridized carbons (Fsp3) is 0.412. The van der Waals surface area contributed by atoms with Crippen molar-refractivity contribution in [3.63, 3.8) is 0 Å². The molecular weight excluding hydrogens is 250 g/mol. The van der Waals surface area contributed by atoms with E-state index in [1.165, 1.54) is 16.7 Å². The van der Waals surface area contributed by atoms with E-state index in [1.807, 2.05) is 0 Å². The monoisotopic (exact) mass is 273 g/mol. The van der Waals surface area contributed by atoms with Gasteiger partial charge < -0.3 is 5.32 Å². The summed E-state index contributed by atoms with van der Waals surface area (Å²) in [7, 11) is 2.05. The van der Waals surface area contributed by atoms with Gasteiger partial charge in [0, 0.05) is 6.04 Å². The van der Waals surface area contributed by atoms with Crippen LogP contribution in [-0.4, -0.2) is 7.05 Å². The minimum absolute atomic E-state index is 0.181. The second kappa shape index (κ2) is 5.89. The van der Waals surface area contributed by atoms with E-state index in [0.29, 0.717) is 6.04 Å². The van der Waals surface area contributed by atoms with Crippen LogP contribution in [0.2, 0.25) is 0 Å². The van der Waals surface area contributed by atoms with Crippen molar-refractivity contribution in [2.45, 2.75) is 38.6 Å². The van der Waals surface area contributed by atoms with Gasteiger partial charge in [-0.15, -0.1) is 0 Å². The summed E-state index contributed by atoms with van der Waals surface area (Å²) in [5.74, 6) is 0. The van der Waals surface area contributed by atoms with E-state index in [2.05, 4.69) is 74.2 Å². The average Bonchev–Trinajstić information content (AvgIpc) is 2.88. The zero-order valence-electron chi connectivity index (χ0n) is 12.2. The van der Waals surface area contributed by atoms with Crippen molar-refractivity contribution < 1.29 is 0 Å². The van der Waals surface area contributed by atoms with Gasteiger partial charge in [-0.2, -0.15) is 11.3 Å². The molecule has 1 atom stereocenters. The third kappa shape index (κ3) is 3.46. The second-order valence-electron chi connectivity index (χ2n) is 6.01. The average molecular weight is 273 g/mol. The van der Waals surface area contributed by atoms with E-state index in [-0.39, 0.29) is 5.41 Å². The third-order valence-corrected chi connectivity index (χ3v) is 4.24. The lowest BCUT2D eigenvalue weighted by Gasteiger charge is -2.27. The first kappa shape index (κ1) is 14.3. The molecule has 0 fully saturated rings. The SMILES string of the molecule is CNC(Cc1ccsc1)c1ccccc1C(C)(C)C. The van der Waals surface area contributed by atoms with Gasteiger partial charge in [-0.05, 0) is 52.4 Å². The largest absolute Gasteiger partial charge is 0.313 e. The van der Waals surface area contributed by atoms with Crippen LogP contribution in [0.5, 0.6) is 0 Å². The van der Waals surface area contributed by atoms with Crippen LogP contribution in [0, 0.1) is 0 Å². The number of likely N-dealkylation sites (N-methyl/N-ethyl adjacent to an activating group) is 1. The molecule has 0 aliphatic heterocycles. The Labute approximate surface area is 120 Å². The van der Waals surface area contributed by atoms with Crippen LogP contribution in [-0.2, 0) is 11.8 Å². The van der Waals surface area contributed by atoms with Gasteiger partial charge in [0.15, 0.2) is 0 Å². The summed E-state index contributed by atoms with van der Waals surface area (Å²) < 4.78 is 0. The van der Waals surface area contributed by atoms with Gasteiger partial charge in [-0.3, -0.25) is 0 Å². The van der Waals surface area contributed by atoms with E-state index < -0.39 is 0 Å². The smallest absolute Gasteiger partial charge is 0.0361 e. The highest BCUT2D eigenvalue weighted by atomic mass is 32.1. The minimum atomic E-state index is 0.181. The molecule has 0 aliphatic carbocycles. The van der Waals surface area contributed by atoms with Gasteiger partial charge in [0.25, 0.3) is 0 Å². The molecule has 2 heteroatoms. The maximum absolute atomic E-state index is 3.47. The molecule has 0 saturated heterocycles. The maximum Gasteiger partial charge on any atom is 0.0361 e. The van der Waals surface area contributed by atoms with E-state index >= 15 is 0 Å². The lowest BCUT2D eigenvalue weighted by atomic mass is 9.81. The van der Waals surface area contributed by atoms with E-state index in [9.17, 15) is 0 Å². The van der Waals surface area contributed by atoms with Crippen LogP contribution >= 0.6 is 11.3 Å². The molecule has 19 heavy (non-hydrogen) atoms. The van der Waals surface area contributed by atoms with Gasteiger partial charge in [0.2, 0.25) is 0 Å². The highest BCUT2D eigenvalue weighted by Gasteiger charge is 2.21. The van der Waals surface area contributed by atoms with Crippen molar-refractivity contribution in [1.29, 1.82) is 0 Å². The Kier molecular flexibility index (Phi) is 4.43. The van der Waals surface area contributed by atoms with Crippen LogP contribution in [0.25, 0.3) is 0 Å².